The Bertz CT molecular complexity index is 1070. The van der Waals surface area contributed by atoms with Gasteiger partial charge in [0.2, 0.25) is 5.91 Å². The molecule has 0 radical (unpaired) electrons. The van der Waals surface area contributed by atoms with Crippen LogP contribution in [0.1, 0.15) is 35.9 Å². The predicted molar refractivity (Wildman–Crippen MR) is 116 cm³/mol. The number of furan rings is 1. The van der Waals surface area contributed by atoms with Crippen molar-refractivity contribution in [3.63, 3.8) is 0 Å². The lowest BCUT2D eigenvalue weighted by atomic mass is 9.99. The molecule has 0 fully saturated rings. The van der Waals surface area contributed by atoms with Gasteiger partial charge >= 0.3 is 0 Å². The number of hydrogen-bond acceptors (Lipinski definition) is 3. The Labute approximate surface area is 170 Å². The maximum atomic E-state index is 12.7. The molecule has 1 heterocycles. The van der Waals surface area contributed by atoms with Gasteiger partial charge in [-0.15, -0.1) is 0 Å². The van der Waals surface area contributed by atoms with Gasteiger partial charge in [-0.05, 0) is 41.0 Å². The van der Waals surface area contributed by atoms with Crippen LogP contribution in [0, 0.1) is 0 Å². The normalized spacial score (nSPS) is 13.1. The number of hydrogen-bond donors (Lipinski definition) is 2. The molecule has 4 aromatic rings. The summed E-state index contributed by atoms with van der Waals surface area (Å²) in [5.41, 5.74) is 2.17. The van der Waals surface area contributed by atoms with Gasteiger partial charge in [-0.3, -0.25) is 10.1 Å². The largest absolute Gasteiger partial charge is 0.467 e. The Hall–Kier alpha value is -3.37. The average Bonchev–Trinajstić information content (AvgIpc) is 3.29. The highest BCUT2D eigenvalue weighted by Crippen LogP contribution is 2.24. The van der Waals surface area contributed by atoms with Gasteiger partial charge in [0.05, 0.1) is 24.9 Å². The van der Waals surface area contributed by atoms with E-state index in [1.54, 1.807) is 6.26 Å². The van der Waals surface area contributed by atoms with E-state index in [-0.39, 0.29) is 24.5 Å². The third-order valence-electron chi connectivity index (χ3n) is 5.09. The molecule has 0 saturated heterocycles. The molecule has 4 nitrogen and oxygen atoms in total. The Balaban J connectivity index is 1.45. The fourth-order valence-corrected chi connectivity index (χ4v) is 3.68. The molecule has 146 valence electrons. The first-order valence-electron chi connectivity index (χ1n) is 9.81. The molecule has 29 heavy (non-hydrogen) atoms. The van der Waals surface area contributed by atoms with E-state index in [1.165, 1.54) is 5.39 Å². The molecule has 2 N–H and O–H groups in total. The smallest absolute Gasteiger partial charge is 0.234 e. The van der Waals surface area contributed by atoms with Crippen molar-refractivity contribution in [3.05, 3.63) is 108 Å². The standard InChI is InChI=1S/C25H24N2O2/c1-18(21-14-7-12-19-9-5-6-13-22(19)21)27-24(28)17-26-25(23-15-8-16-29-23)20-10-3-2-4-11-20/h2-16,18,25-26H,17H2,1H3,(H,27,28)/t18-,25-/m0/s1. The van der Waals surface area contributed by atoms with Crippen LogP contribution in [0.2, 0.25) is 0 Å². The third-order valence-corrected chi connectivity index (χ3v) is 5.09. The molecule has 3 aromatic carbocycles. The van der Waals surface area contributed by atoms with E-state index in [9.17, 15) is 4.79 Å². The van der Waals surface area contributed by atoms with Crippen LogP contribution in [0.3, 0.4) is 0 Å². The maximum Gasteiger partial charge on any atom is 0.234 e. The van der Waals surface area contributed by atoms with Gasteiger partial charge in [0.15, 0.2) is 0 Å². The Morgan fingerprint density at radius 1 is 0.897 bits per heavy atom. The number of benzene rings is 3. The molecule has 1 aromatic heterocycles. The molecule has 2 atom stereocenters. The Morgan fingerprint density at radius 2 is 1.66 bits per heavy atom. The first-order valence-corrected chi connectivity index (χ1v) is 9.81. The summed E-state index contributed by atoms with van der Waals surface area (Å²) in [5.74, 6) is 0.726. The number of amides is 1. The quantitative estimate of drug-likeness (QED) is 0.472. The highest BCUT2D eigenvalue weighted by molar-refractivity contribution is 5.87. The van der Waals surface area contributed by atoms with E-state index in [2.05, 4.69) is 34.9 Å². The van der Waals surface area contributed by atoms with Crippen LogP contribution in [-0.4, -0.2) is 12.5 Å². The summed E-state index contributed by atoms with van der Waals surface area (Å²) >= 11 is 0. The number of carbonyl (C=O) groups excluding carboxylic acids is 1. The van der Waals surface area contributed by atoms with Gasteiger partial charge in [0.25, 0.3) is 0 Å². The molecule has 4 rings (SSSR count). The van der Waals surface area contributed by atoms with Crippen LogP contribution >= 0.6 is 0 Å². The highest BCUT2D eigenvalue weighted by Gasteiger charge is 2.18. The van der Waals surface area contributed by atoms with Gasteiger partial charge < -0.3 is 9.73 Å². The number of fused-ring (bicyclic) bond motifs is 1. The van der Waals surface area contributed by atoms with Crippen LogP contribution in [0.4, 0.5) is 0 Å². The molecule has 4 heteroatoms. The fourth-order valence-electron chi connectivity index (χ4n) is 3.68. The fraction of sp³-hybridized carbons (Fsp3) is 0.160. The lowest BCUT2D eigenvalue weighted by molar-refractivity contribution is -0.121. The van der Waals surface area contributed by atoms with E-state index in [0.29, 0.717) is 0 Å². The monoisotopic (exact) mass is 384 g/mol. The predicted octanol–water partition coefficient (Wildman–Crippen LogP) is 4.99. The molecule has 1 amide bonds. The SMILES string of the molecule is C[C@H](NC(=O)CN[C@@H](c1ccccc1)c1ccco1)c1cccc2ccccc12. The number of rotatable bonds is 7. The van der Waals surface area contributed by atoms with E-state index < -0.39 is 0 Å². The summed E-state index contributed by atoms with van der Waals surface area (Å²) in [5, 5.41) is 8.77. The van der Waals surface area contributed by atoms with Gasteiger partial charge in [0.1, 0.15) is 5.76 Å². The highest BCUT2D eigenvalue weighted by atomic mass is 16.3. The van der Waals surface area contributed by atoms with Crippen molar-refractivity contribution in [1.82, 2.24) is 10.6 Å². The van der Waals surface area contributed by atoms with E-state index in [1.807, 2.05) is 67.6 Å². The van der Waals surface area contributed by atoms with Crippen LogP contribution < -0.4 is 10.6 Å². The van der Waals surface area contributed by atoms with Crippen molar-refractivity contribution >= 4 is 16.7 Å². The average molecular weight is 384 g/mol. The minimum atomic E-state index is -0.176. The zero-order chi connectivity index (χ0) is 20.1. The second-order valence-electron chi connectivity index (χ2n) is 7.10. The summed E-state index contributed by atoms with van der Waals surface area (Å²) in [6.07, 6.45) is 1.65. The molecular formula is C25H24N2O2. The number of carbonyl (C=O) groups is 1. The Kier molecular flexibility index (Phi) is 5.73. The molecule has 0 aliphatic rings. The van der Waals surface area contributed by atoms with Crippen LogP contribution in [0.5, 0.6) is 0 Å². The summed E-state index contributed by atoms with van der Waals surface area (Å²) in [6, 6.07) is 27.9. The molecular weight excluding hydrogens is 360 g/mol. The molecule has 0 saturated carbocycles. The summed E-state index contributed by atoms with van der Waals surface area (Å²) in [4.78, 5) is 12.7. The van der Waals surface area contributed by atoms with Crippen molar-refractivity contribution in [2.45, 2.75) is 19.0 Å². The van der Waals surface area contributed by atoms with E-state index in [0.717, 1.165) is 22.3 Å². The third kappa shape index (κ3) is 4.39. The summed E-state index contributed by atoms with van der Waals surface area (Å²) < 4.78 is 5.59. The second kappa shape index (κ2) is 8.76. The summed E-state index contributed by atoms with van der Waals surface area (Å²) in [6.45, 7) is 2.20. The van der Waals surface area contributed by atoms with Gasteiger partial charge in [-0.25, -0.2) is 0 Å². The van der Waals surface area contributed by atoms with Crippen molar-refractivity contribution in [1.29, 1.82) is 0 Å². The minimum absolute atomic E-state index is 0.0575. The van der Waals surface area contributed by atoms with Crippen molar-refractivity contribution in [2.24, 2.45) is 0 Å². The lowest BCUT2D eigenvalue weighted by Crippen LogP contribution is -2.37. The zero-order valence-electron chi connectivity index (χ0n) is 16.3. The zero-order valence-corrected chi connectivity index (χ0v) is 16.3. The van der Waals surface area contributed by atoms with Crippen molar-refractivity contribution in [3.8, 4) is 0 Å². The molecule has 0 spiro atoms. The van der Waals surface area contributed by atoms with Crippen molar-refractivity contribution < 1.29 is 9.21 Å². The molecule has 0 unspecified atom stereocenters. The van der Waals surface area contributed by atoms with Gasteiger partial charge in [-0.1, -0.05) is 72.8 Å². The summed E-state index contributed by atoms with van der Waals surface area (Å²) in [7, 11) is 0. The van der Waals surface area contributed by atoms with E-state index >= 15 is 0 Å². The van der Waals surface area contributed by atoms with Gasteiger partial charge in [-0.2, -0.15) is 0 Å². The first kappa shape index (κ1) is 19.0. The molecule has 0 aliphatic heterocycles. The first-order chi connectivity index (χ1) is 14.2. The topological polar surface area (TPSA) is 54.3 Å². The van der Waals surface area contributed by atoms with Crippen LogP contribution in [0.15, 0.2) is 95.6 Å². The molecule has 0 aliphatic carbocycles. The molecule has 0 bridgehead atoms. The van der Waals surface area contributed by atoms with Crippen LogP contribution in [0.25, 0.3) is 10.8 Å². The maximum absolute atomic E-state index is 12.7. The second-order valence-corrected chi connectivity index (χ2v) is 7.10. The van der Waals surface area contributed by atoms with Gasteiger partial charge in [0, 0.05) is 0 Å². The number of nitrogens with one attached hydrogen (secondary N) is 2. The Morgan fingerprint density at radius 3 is 2.45 bits per heavy atom. The van der Waals surface area contributed by atoms with Crippen molar-refractivity contribution in [2.75, 3.05) is 6.54 Å². The van der Waals surface area contributed by atoms with E-state index in [4.69, 9.17) is 4.42 Å². The van der Waals surface area contributed by atoms with Crippen LogP contribution in [-0.2, 0) is 4.79 Å². The minimum Gasteiger partial charge on any atom is -0.467 e. The lowest BCUT2D eigenvalue weighted by Gasteiger charge is -2.20.